The maximum Gasteiger partial charge on any atom is 0.0992 e. The van der Waals surface area contributed by atoms with E-state index in [2.05, 4.69) is 27.1 Å². The third-order valence-electron chi connectivity index (χ3n) is 2.42. The zero-order chi connectivity index (χ0) is 11.7. The highest BCUT2D eigenvalue weighted by Crippen LogP contribution is 2.23. The topological polar surface area (TPSA) is 41.6 Å². The molecule has 0 aliphatic carbocycles. The van der Waals surface area contributed by atoms with Crippen LogP contribution in [0.4, 0.5) is 0 Å². The first kappa shape index (κ1) is 10.9. The molecule has 0 spiro atoms. The lowest BCUT2D eigenvalue weighted by atomic mass is 10.2. The maximum absolute atomic E-state index is 8.85. The Kier molecular flexibility index (Phi) is 2.80. The Bertz CT molecular complexity index is 578. The summed E-state index contributed by atoms with van der Waals surface area (Å²) >= 11 is 3.48. The highest BCUT2D eigenvalue weighted by molar-refractivity contribution is 9.10. The van der Waals surface area contributed by atoms with Crippen molar-refractivity contribution in [2.24, 2.45) is 0 Å². The Morgan fingerprint density at radius 3 is 2.69 bits per heavy atom. The van der Waals surface area contributed by atoms with Gasteiger partial charge in [0.05, 0.1) is 33.2 Å². The van der Waals surface area contributed by atoms with Gasteiger partial charge in [-0.2, -0.15) is 10.4 Å². The molecule has 0 atom stereocenters. The van der Waals surface area contributed by atoms with Gasteiger partial charge in [0.25, 0.3) is 0 Å². The molecule has 0 radical (unpaired) electrons. The van der Waals surface area contributed by atoms with Gasteiger partial charge in [-0.1, -0.05) is 6.07 Å². The van der Waals surface area contributed by atoms with Gasteiger partial charge in [0, 0.05) is 0 Å². The number of rotatable bonds is 1. The molecule has 80 valence electrons. The first-order chi connectivity index (χ1) is 7.63. The van der Waals surface area contributed by atoms with Crippen LogP contribution >= 0.6 is 15.9 Å². The van der Waals surface area contributed by atoms with E-state index in [1.165, 1.54) is 0 Å². The summed E-state index contributed by atoms with van der Waals surface area (Å²) in [4.78, 5) is 0. The van der Waals surface area contributed by atoms with Crippen molar-refractivity contribution in [2.75, 3.05) is 0 Å². The van der Waals surface area contributed by atoms with Crippen LogP contribution in [0.2, 0.25) is 0 Å². The van der Waals surface area contributed by atoms with Crippen molar-refractivity contribution in [1.82, 2.24) is 9.78 Å². The van der Waals surface area contributed by atoms with E-state index in [1.54, 1.807) is 6.07 Å². The number of halogens is 1. The summed E-state index contributed by atoms with van der Waals surface area (Å²) < 4.78 is 2.84. The summed E-state index contributed by atoms with van der Waals surface area (Å²) in [5, 5.41) is 13.3. The SMILES string of the molecule is Cc1nn(-c2cccc(C#N)c2)c(C)c1Br. The minimum atomic E-state index is 0.640. The van der Waals surface area contributed by atoms with Crippen LogP contribution in [0, 0.1) is 25.2 Å². The van der Waals surface area contributed by atoms with Crippen LogP contribution < -0.4 is 0 Å². The van der Waals surface area contributed by atoms with Gasteiger partial charge in [0.2, 0.25) is 0 Å². The van der Waals surface area contributed by atoms with E-state index in [0.717, 1.165) is 21.5 Å². The highest BCUT2D eigenvalue weighted by Gasteiger charge is 2.10. The van der Waals surface area contributed by atoms with E-state index in [4.69, 9.17) is 5.26 Å². The summed E-state index contributed by atoms with van der Waals surface area (Å²) in [6.07, 6.45) is 0. The molecule has 2 rings (SSSR count). The van der Waals surface area contributed by atoms with Crippen molar-refractivity contribution in [3.05, 3.63) is 45.7 Å². The Hall–Kier alpha value is -1.60. The second-order valence-corrected chi connectivity index (χ2v) is 4.35. The van der Waals surface area contributed by atoms with Crippen LogP contribution in [-0.4, -0.2) is 9.78 Å². The first-order valence-corrected chi connectivity index (χ1v) is 5.65. The first-order valence-electron chi connectivity index (χ1n) is 4.85. The number of hydrogen-bond donors (Lipinski definition) is 0. The third kappa shape index (κ3) is 1.74. The van der Waals surface area contributed by atoms with Crippen LogP contribution in [0.25, 0.3) is 5.69 Å². The predicted octanol–water partition coefficient (Wildman–Crippen LogP) is 3.12. The molecule has 0 N–H and O–H groups in total. The van der Waals surface area contributed by atoms with E-state index in [-0.39, 0.29) is 0 Å². The number of aryl methyl sites for hydroxylation is 1. The number of aromatic nitrogens is 2. The van der Waals surface area contributed by atoms with Crippen molar-refractivity contribution in [2.45, 2.75) is 13.8 Å². The van der Waals surface area contributed by atoms with Crippen molar-refractivity contribution < 1.29 is 0 Å². The Morgan fingerprint density at radius 1 is 1.38 bits per heavy atom. The molecular formula is C12H10BrN3. The maximum atomic E-state index is 8.85. The molecule has 16 heavy (non-hydrogen) atoms. The van der Waals surface area contributed by atoms with Crippen molar-refractivity contribution >= 4 is 15.9 Å². The number of nitriles is 1. The van der Waals surface area contributed by atoms with Gasteiger partial charge >= 0.3 is 0 Å². The van der Waals surface area contributed by atoms with Gasteiger partial charge in [-0.05, 0) is 48.0 Å². The standard InChI is InChI=1S/C12H10BrN3/c1-8-12(13)9(2)16(15-8)11-5-3-4-10(6-11)7-14/h3-6H,1-2H3. The van der Waals surface area contributed by atoms with Gasteiger partial charge in [-0.3, -0.25) is 0 Å². The molecule has 0 bridgehead atoms. The van der Waals surface area contributed by atoms with Gasteiger partial charge in [-0.15, -0.1) is 0 Å². The second kappa shape index (κ2) is 4.11. The van der Waals surface area contributed by atoms with Gasteiger partial charge in [0.15, 0.2) is 0 Å². The van der Waals surface area contributed by atoms with Crippen LogP contribution in [0.5, 0.6) is 0 Å². The third-order valence-corrected chi connectivity index (χ3v) is 3.57. The molecule has 0 aliphatic heterocycles. The molecule has 0 saturated heterocycles. The molecule has 2 aromatic rings. The average molecular weight is 276 g/mol. The summed E-state index contributed by atoms with van der Waals surface area (Å²) in [5.74, 6) is 0. The highest BCUT2D eigenvalue weighted by atomic mass is 79.9. The normalized spacial score (nSPS) is 10.1. The van der Waals surface area contributed by atoms with Gasteiger partial charge in [-0.25, -0.2) is 4.68 Å². The Balaban J connectivity index is 2.59. The molecule has 1 aromatic carbocycles. The lowest BCUT2D eigenvalue weighted by Gasteiger charge is -2.04. The van der Waals surface area contributed by atoms with Crippen LogP contribution in [0.3, 0.4) is 0 Å². The van der Waals surface area contributed by atoms with Crippen LogP contribution in [0.15, 0.2) is 28.7 Å². The molecular weight excluding hydrogens is 266 g/mol. The summed E-state index contributed by atoms with van der Waals surface area (Å²) in [7, 11) is 0. The number of nitrogens with zero attached hydrogens (tertiary/aromatic N) is 3. The molecule has 1 aromatic heterocycles. The van der Waals surface area contributed by atoms with E-state index in [0.29, 0.717) is 5.56 Å². The predicted molar refractivity (Wildman–Crippen MR) is 65.5 cm³/mol. The molecule has 1 heterocycles. The van der Waals surface area contributed by atoms with Crippen molar-refractivity contribution in [1.29, 1.82) is 5.26 Å². The fraction of sp³-hybridized carbons (Fsp3) is 0.167. The molecule has 0 unspecified atom stereocenters. The van der Waals surface area contributed by atoms with Crippen LogP contribution in [0.1, 0.15) is 17.0 Å². The quantitative estimate of drug-likeness (QED) is 0.803. The summed E-state index contributed by atoms with van der Waals surface area (Å²) in [6, 6.07) is 9.53. The smallest absolute Gasteiger partial charge is 0.0992 e. The van der Waals surface area contributed by atoms with Crippen molar-refractivity contribution in [3.63, 3.8) is 0 Å². The fourth-order valence-corrected chi connectivity index (χ4v) is 1.83. The zero-order valence-electron chi connectivity index (χ0n) is 9.03. The minimum Gasteiger partial charge on any atom is -0.237 e. The second-order valence-electron chi connectivity index (χ2n) is 3.56. The molecule has 0 amide bonds. The summed E-state index contributed by atoms with van der Waals surface area (Å²) in [5.41, 5.74) is 3.53. The molecule has 0 saturated carbocycles. The van der Waals surface area contributed by atoms with Gasteiger partial charge < -0.3 is 0 Å². The van der Waals surface area contributed by atoms with Crippen LogP contribution in [-0.2, 0) is 0 Å². The fourth-order valence-electron chi connectivity index (χ4n) is 1.58. The Morgan fingerprint density at radius 2 is 2.12 bits per heavy atom. The van der Waals surface area contributed by atoms with E-state index < -0.39 is 0 Å². The molecule has 4 heteroatoms. The number of benzene rings is 1. The minimum absolute atomic E-state index is 0.640. The van der Waals surface area contributed by atoms with E-state index in [9.17, 15) is 0 Å². The largest absolute Gasteiger partial charge is 0.237 e. The average Bonchev–Trinajstić information content (AvgIpc) is 2.57. The number of hydrogen-bond acceptors (Lipinski definition) is 2. The van der Waals surface area contributed by atoms with E-state index >= 15 is 0 Å². The van der Waals surface area contributed by atoms with Crippen molar-refractivity contribution in [3.8, 4) is 11.8 Å². The Labute approximate surface area is 102 Å². The summed E-state index contributed by atoms with van der Waals surface area (Å²) in [6.45, 7) is 3.94. The van der Waals surface area contributed by atoms with E-state index in [1.807, 2.05) is 36.7 Å². The molecule has 3 nitrogen and oxygen atoms in total. The monoisotopic (exact) mass is 275 g/mol. The van der Waals surface area contributed by atoms with Gasteiger partial charge in [0.1, 0.15) is 0 Å². The lowest BCUT2D eigenvalue weighted by Crippen LogP contribution is -1.99. The zero-order valence-corrected chi connectivity index (χ0v) is 10.6. The molecule has 0 aliphatic rings. The lowest BCUT2D eigenvalue weighted by molar-refractivity contribution is 0.833. The molecule has 0 fully saturated rings.